The minimum Gasteiger partial charge on any atom is -0.489 e. The summed E-state index contributed by atoms with van der Waals surface area (Å²) in [5, 5.41) is 2.66. The number of nitrogens with zero attached hydrogens (tertiary/aromatic N) is 1. The van der Waals surface area contributed by atoms with Crippen molar-refractivity contribution in [2.75, 3.05) is 16.8 Å². The zero-order valence-corrected chi connectivity index (χ0v) is 16.6. The highest BCUT2D eigenvalue weighted by molar-refractivity contribution is 6.44. The fraction of sp³-hybridized carbons (Fsp3) is 0.167. The Bertz CT molecular complexity index is 969. The molecule has 0 spiro atoms. The lowest BCUT2D eigenvalue weighted by Crippen LogP contribution is -2.39. The number of aryl methyl sites for hydroxylation is 1. The molecule has 0 aliphatic heterocycles. The number of carbonyl (C=O) groups is 2. The van der Waals surface area contributed by atoms with Gasteiger partial charge in [0.2, 0.25) is 0 Å². The Balaban J connectivity index is 1.60. The van der Waals surface area contributed by atoms with Crippen LogP contribution in [-0.2, 0) is 16.2 Å². The molecular weight excluding hydrogens is 364 g/mol. The number of hydrogen-bond donors (Lipinski definition) is 1. The van der Waals surface area contributed by atoms with Crippen LogP contribution < -0.4 is 15.0 Å². The summed E-state index contributed by atoms with van der Waals surface area (Å²) < 4.78 is 5.74. The molecule has 0 bridgehead atoms. The Hall–Kier alpha value is -3.60. The van der Waals surface area contributed by atoms with Crippen molar-refractivity contribution >= 4 is 23.2 Å². The number of anilines is 2. The first-order valence-electron chi connectivity index (χ1n) is 9.53. The van der Waals surface area contributed by atoms with Gasteiger partial charge >= 0.3 is 11.8 Å². The van der Waals surface area contributed by atoms with Gasteiger partial charge in [0, 0.05) is 17.9 Å². The zero-order chi connectivity index (χ0) is 20.6. The van der Waals surface area contributed by atoms with E-state index < -0.39 is 11.8 Å². The molecule has 29 heavy (non-hydrogen) atoms. The Labute approximate surface area is 170 Å². The second-order valence-corrected chi connectivity index (χ2v) is 6.64. The number of benzene rings is 3. The van der Waals surface area contributed by atoms with Crippen molar-refractivity contribution in [3.63, 3.8) is 0 Å². The van der Waals surface area contributed by atoms with Gasteiger partial charge in [0.15, 0.2) is 0 Å². The van der Waals surface area contributed by atoms with E-state index in [4.69, 9.17) is 4.74 Å². The SMILES string of the molecule is CCN(C(=O)C(=O)Nc1ccc(OCc2ccccc2)cc1)c1cccc(C)c1. The number of ether oxygens (including phenoxy) is 1. The van der Waals surface area contributed by atoms with E-state index in [1.807, 2.05) is 68.4 Å². The molecule has 5 nitrogen and oxygen atoms in total. The predicted octanol–water partition coefficient (Wildman–Crippen LogP) is 4.57. The average molecular weight is 388 g/mol. The minimum atomic E-state index is -0.675. The summed E-state index contributed by atoms with van der Waals surface area (Å²) in [4.78, 5) is 26.5. The molecule has 3 rings (SSSR count). The molecule has 0 aromatic heterocycles. The van der Waals surface area contributed by atoms with E-state index in [-0.39, 0.29) is 0 Å². The normalized spacial score (nSPS) is 10.3. The Morgan fingerprint density at radius 2 is 1.66 bits per heavy atom. The molecule has 0 aliphatic carbocycles. The molecule has 2 amide bonds. The van der Waals surface area contributed by atoms with E-state index in [9.17, 15) is 9.59 Å². The van der Waals surface area contributed by atoms with Gasteiger partial charge in [0.05, 0.1) is 0 Å². The maximum atomic E-state index is 12.6. The van der Waals surface area contributed by atoms with Crippen molar-refractivity contribution in [1.82, 2.24) is 0 Å². The second kappa shape index (κ2) is 9.55. The van der Waals surface area contributed by atoms with Gasteiger partial charge in [0.1, 0.15) is 12.4 Å². The third kappa shape index (κ3) is 5.45. The fourth-order valence-electron chi connectivity index (χ4n) is 2.92. The highest BCUT2D eigenvalue weighted by atomic mass is 16.5. The summed E-state index contributed by atoms with van der Waals surface area (Å²) in [6.07, 6.45) is 0. The highest BCUT2D eigenvalue weighted by Gasteiger charge is 2.22. The topological polar surface area (TPSA) is 58.6 Å². The van der Waals surface area contributed by atoms with Crippen LogP contribution >= 0.6 is 0 Å². The van der Waals surface area contributed by atoms with Gasteiger partial charge in [-0.3, -0.25) is 9.59 Å². The number of amides is 2. The molecule has 3 aromatic carbocycles. The minimum absolute atomic E-state index is 0.405. The van der Waals surface area contributed by atoms with Crippen LogP contribution in [0.1, 0.15) is 18.1 Å². The summed E-state index contributed by atoms with van der Waals surface area (Å²) >= 11 is 0. The van der Waals surface area contributed by atoms with Crippen LogP contribution in [0.25, 0.3) is 0 Å². The zero-order valence-electron chi connectivity index (χ0n) is 16.6. The Morgan fingerprint density at radius 1 is 0.931 bits per heavy atom. The molecule has 0 fully saturated rings. The maximum absolute atomic E-state index is 12.6. The summed E-state index contributed by atoms with van der Waals surface area (Å²) in [6, 6.07) is 24.4. The average Bonchev–Trinajstić information content (AvgIpc) is 2.74. The molecular formula is C24H24N2O3. The van der Waals surface area contributed by atoms with Gasteiger partial charge in [-0.05, 0) is 61.4 Å². The van der Waals surface area contributed by atoms with Crippen LogP contribution in [0.4, 0.5) is 11.4 Å². The molecule has 0 saturated carbocycles. The van der Waals surface area contributed by atoms with Gasteiger partial charge in [-0.1, -0.05) is 42.5 Å². The first-order chi connectivity index (χ1) is 14.1. The first-order valence-corrected chi connectivity index (χ1v) is 9.53. The third-order valence-corrected chi connectivity index (χ3v) is 4.43. The van der Waals surface area contributed by atoms with Crippen LogP contribution in [0, 0.1) is 6.92 Å². The number of hydrogen-bond acceptors (Lipinski definition) is 3. The van der Waals surface area contributed by atoms with Crippen molar-refractivity contribution in [3.8, 4) is 5.75 Å². The van der Waals surface area contributed by atoms with Crippen molar-refractivity contribution in [3.05, 3.63) is 90.0 Å². The molecule has 0 radical (unpaired) electrons. The van der Waals surface area contributed by atoms with Gasteiger partial charge in [0.25, 0.3) is 0 Å². The molecule has 0 unspecified atom stereocenters. The standard InChI is InChI=1S/C24H24N2O3/c1-3-26(21-11-7-8-18(2)16-21)24(28)23(27)25-20-12-14-22(15-13-20)29-17-19-9-5-4-6-10-19/h4-16H,3,17H2,1-2H3,(H,25,27). The van der Waals surface area contributed by atoms with E-state index in [2.05, 4.69) is 5.32 Å². The van der Waals surface area contributed by atoms with Gasteiger partial charge < -0.3 is 15.0 Å². The maximum Gasteiger partial charge on any atom is 0.316 e. The smallest absolute Gasteiger partial charge is 0.316 e. The molecule has 0 heterocycles. The molecule has 0 aliphatic rings. The number of nitrogens with one attached hydrogen (secondary N) is 1. The van der Waals surface area contributed by atoms with Crippen molar-refractivity contribution in [2.24, 2.45) is 0 Å². The van der Waals surface area contributed by atoms with Gasteiger partial charge in [-0.25, -0.2) is 0 Å². The van der Waals surface area contributed by atoms with Gasteiger partial charge in [-0.2, -0.15) is 0 Å². The van der Waals surface area contributed by atoms with Crippen molar-refractivity contribution in [1.29, 1.82) is 0 Å². The second-order valence-electron chi connectivity index (χ2n) is 6.64. The van der Waals surface area contributed by atoms with E-state index in [1.54, 1.807) is 24.3 Å². The van der Waals surface area contributed by atoms with Crippen molar-refractivity contribution in [2.45, 2.75) is 20.5 Å². The Morgan fingerprint density at radius 3 is 2.31 bits per heavy atom. The fourth-order valence-corrected chi connectivity index (χ4v) is 2.92. The molecule has 1 N–H and O–H groups in total. The number of rotatable bonds is 6. The molecule has 3 aromatic rings. The van der Waals surface area contributed by atoms with E-state index in [1.165, 1.54) is 4.90 Å². The van der Waals surface area contributed by atoms with Crippen LogP contribution in [-0.4, -0.2) is 18.4 Å². The van der Waals surface area contributed by atoms with E-state index in [0.29, 0.717) is 30.3 Å². The van der Waals surface area contributed by atoms with E-state index >= 15 is 0 Å². The lowest BCUT2D eigenvalue weighted by atomic mass is 10.2. The number of carbonyl (C=O) groups excluding carboxylic acids is 2. The van der Waals surface area contributed by atoms with Gasteiger partial charge in [-0.15, -0.1) is 0 Å². The summed E-state index contributed by atoms with van der Waals surface area (Å²) in [5.41, 5.74) is 3.35. The lowest BCUT2D eigenvalue weighted by molar-refractivity contribution is -0.134. The predicted molar refractivity (Wildman–Crippen MR) is 115 cm³/mol. The molecule has 148 valence electrons. The van der Waals surface area contributed by atoms with Crippen LogP contribution in [0.5, 0.6) is 5.75 Å². The van der Waals surface area contributed by atoms with Crippen LogP contribution in [0.3, 0.4) is 0 Å². The third-order valence-electron chi connectivity index (χ3n) is 4.43. The quantitative estimate of drug-likeness (QED) is 0.630. The summed E-state index contributed by atoms with van der Waals surface area (Å²) in [7, 11) is 0. The lowest BCUT2D eigenvalue weighted by Gasteiger charge is -2.20. The number of likely N-dealkylation sites (N-methyl/N-ethyl adjacent to an activating group) is 1. The van der Waals surface area contributed by atoms with Crippen molar-refractivity contribution < 1.29 is 14.3 Å². The summed E-state index contributed by atoms with van der Waals surface area (Å²) in [5.74, 6) is -0.582. The molecule has 0 atom stereocenters. The Kier molecular flexibility index (Phi) is 6.63. The first kappa shape index (κ1) is 20.1. The van der Waals surface area contributed by atoms with Crippen LogP contribution in [0.2, 0.25) is 0 Å². The molecule has 0 saturated heterocycles. The van der Waals surface area contributed by atoms with Crippen LogP contribution in [0.15, 0.2) is 78.9 Å². The molecule has 5 heteroatoms. The highest BCUT2D eigenvalue weighted by Crippen LogP contribution is 2.19. The monoisotopic (exact) mass is 388 g/mol. The summed E-state index contributed by atoms with van der Waals surface area (Å²) in [6.45, 7) is 4.66. The van der Waals surface area contributed by atoms with E-state index in [0.717, 1.165) is 11.1 Å². The largest absolute Gasteiger partial charge is 0.489 e.